The third-order valence-corrected chi connectivity index (χ3v) is 3.49. The van der Waals surface area contributed by atoms with Gasteiger partial charge in [-0.3, -0.25) is 9.69 Å². The van der Waals surface area contributed by atoms with Crippen molar-refractivity contribution in [1.29, 1.82) is 0 Å². The van der Waals surface area contributed by atoms with Crippen LogP contribution in [0.25, 0.3) is 0 Å². The van der Waals surface area contributed by atoms with Crippen molar-refractivity contribution in [3.8, 4) is 5.75 Å². The van der Waals surface area contributed by atoms with E-state index in [1.165, 1.54) is 18.3 Å². The molecule has 0 radical (unpaired) electrons. The highest BCUT2D eigenvalue weighted by Gasteiger charge is 2.13. The average Bonchev–Trinajstić information content (AvgIpc) is 2.45. The SMILES string of the molecule is O=C(CN1CCOCC1)N/N=C\c1cc(Cl)c(O)c(Cl)c1. The summed E-state index contributed by atoms with van der Waals surface area (Å²) in [5.74, 6) is -0.379. The molecule has 0 unspecified atom stereocenters. The van der Waals surface area contributed by atoms with Crippen LogP contribution in [0.3, 0.4) is 0 Å². The predicted molar refractivity (Wildman–Crippen MR) is 81.1 cm³/mol. The molecule has 0 saturated carbocycles. The lowest BCUT2D eigenvalue weighted by molar-refractivity contribution is -0.123. The van der Waals surface area contributed by atoms with E-state index in [4.69, 9.17) is 27.9 Å². The van der Waals surface area contributed by atoms with Crippen LogP contribution in [0.2, 0.25) is 10.0 Å². The van der Waals surface area contributed by atoms with Crippen LogP contribution in [0.5, 0.6) is 5.75 Å². The summed E-state index contributed by atoms with van der Waals surface area (Å²) in [6.45, 7) is 3.03. The molecule has 1 aliphatic heterocycles. The number of hydrazone groups is 1. The normalized spacial score (nSPS) is 16.3. The van der Waals surface area contributed by atoms with E-state index < -0.39 is 0 Å². The Morgan fingerprint density at radius 2 is 2.00 bits per heavy atom. The van der Waals surface area contributed by atoms with Crippen molar-refractivity contribution in [2.24, 2.45) is 5.10 Å². The maximum Gasteiger partial charge on any atom is 0.254 e. The second kappa shape index (κ2) is 7.61. The fourth-order valence-electron chi connectivity index (χ4n) is 1.84. The van der Waals surface area contributed by atoms with E-state index in [1.807, 2.05) is 4.90 Å². The Morgan fingerprint density at radius 3 is 2.62 bits per heavy atom. The number of hydrogen-bond acceptors (Lipinski definition) is 5. The van der Waals surface area contributed by atoms with Crippen LogP contribution in [0.1, 0.15) is 5.56 Å². The number of phenols is 1. The van der Waals surface area contributed by atoms with Crippen molar-refractivity contribution in [2.45, 2.75) is 0 Å². The molecule has 1 aliphatic rings. The molecule has 8 heteroatoms. The molecule has 6 nitrogen and oxygen atoms in total. The minimum Gasteiger partial charge on any atom is -0.505 e. The summed E-state index contributed by atoms with van der Waals surface area (Å²) in [5, 5.41) is 13.5. The standard InChI is InChI=1S/C13H15Cl2N3O3/c14-10-5-9(6-11(15)13(10)20)7-16-17-12(19)8-18-1-3-21-4-2-18/h5-7,20H,1-4,8H2,(H,17,19)/b16-7-. The number of nitrogens with one attached hydrogen (secondary N) is 1. The van der Waals surface area contributed by atoms with Gasteiger partial charge in [0, 0.05) is 13.1 Å². The largest absolute Gasteiger partial charge is 0.505 e. The number of carbonyl (C=O) groups excluding carboxylic acids is 1. The lowest BCUT2D eigenvalue weighted by atomic mass is 10.2. The average molecular weight is 332 g/mol. The Morgan fingerprint density at radius 1 is 1.38 bits per heavy atom. The topological polar surface area (TPSA) is 74.2 Å². The van der Waals surface area contributed by atoms with Gasteiger partial charge >= 0.3 is 0 Å². The van der Waals surface area contributed by atoms with Gasteiger partial charge in [-0.2, -0.15) is 5.10 Å². The fourth-order valence-corrected chi connectivity index (χ4v) is 2.34. The van der Waals surface area contributed by atoms with Gasteiger partial charge in [-0.25, -0.2) is 5.43 Å². The lowest BCUT2D eigenvalue weighted by Gasteiger charge is -2.25. The smallest absolute Gasteiger partial charge is 0.254 e. The quantitative estimate of drug-likeness (QED) is 0.647. The molecule has 2 rings (SSSR count). The number of benzene rings is 1. The number of nitrogens with zero attached hydrogens (tertiary/aromatic N) is 2. The van der Waals surface area contributed by atoms with Gasteiger partial charge in [0.05, 0.1) is 36.0 Å². The van der Waals surface area contributed by atoms with Crippen molar-refractivity contribution >= 4 is 35.3 Å². The van der Waals surface area contributed by atoms with E-state index in [2.05, 4.69) is 10.5 Å². The first-order valence-electron chi connectivity index (χ1n) is 6.36. The second-order valence-electron chi connectivity index (χ2n) is 4.51. The van der Waals surface area contributed by atoms with E-state index in [9.17, 15) is 9.90 Å². The molecule has 0 spiro atoms. The van der Waals surface area contributed by atoms with Gasteiger partial charge in [0.1, 0.15) is 0 Å². The first-order chi connectivity index (χ1) is 10.1. The number of aromatic hydroxyl groups is 1. The summed E-state index contributed by atoms with van der Waals surface area (Å²) in [4.78, 5) is 13.7. The van der Waals surface area contributed by atoms with E-state index in [0.29, 0.717) is 18.8 Å². The fraction of sp³-hybridized carbons (Fsp3) is 0.385. The van der Waals surface area contributed by atoms with Gasteiger partial charge in [0.25, 0.3) is 5.91 Å². The van der Waals surface area contributed by atoms with Crippen LogP contribution in [0.4, 0.5) is 0 Å². The zero-order chi connectivity index (χ0) is 15.2. The van der Waals surface area contributed by atoms with Crippen LogP contribution in [-0.4, -0.2) is 55.0 Å². The minimum absolute atomic E-state index is 0.128. The number of halogens is 2. The first-order valence-corrected chi connectivity index (χ1v) is 7.12. The molecule has 0 atom stereocenters. The summed E-state index contributed by atoms with van der Waals surface area (Å²) in [7, 11) is 0. The number of amides is 1. The van der Waals surface area contributed by atoms with Crippen LogP contribution in [-0.2, 0) is 9.53 Å². The molecular weight excluding hydrogens is 317 g/mol. The zero-order valence-corrected chi connectivity index (χ0v) is 12.7. The second-order valence-corrected chi connectivity index (χ2v) is 5.33. The molecule has 1 saturated heterocycles. The maximum absolute atomic E-state index is 11.7. The number of carbonyl (C=O) groups is 1. The van der Waals surface area contributed by atoms with Crippen molar-refractivity contribution < 1.29 is 14.6 Å². The highest BCUT2D eigenvalue weighted by atomic mass is 35.5. The molecule has 0 aliphatic carbocycles. The minimum atomic E-state index is -0.205. The number of hydrogen-bond donors (Lipinski definition) is 2. The molecule has 1 heterocycles. The first kappa shape index (κ1) is 16.0. The van der Waals surface area contributed by atoms with E-state index in [1.54, 1.807) is 0 Å². The van der Waals surface area contributed by atoms with E-state index in [-0.39, 0.29) is 28.2 Å². The molecule has 1 aromatic rings. The Hall–Kier alpha value is -1.34. The summed E-state index contributed by atoms with van der Waals surface area (Å²) < 4.78 is 5.20. The summed E-state index contributed by atoms with van der Waals surface area (Å²) in [6.07, 6.45) is 1.41. The van der Waals surface area contributed by atoms with Gasteiger partial charge in [0.2, 0.25) is 0 Å². The highest BCUT2D eigenvalue weighted by molar-refractivity contribution is 6.37. The Kier molecular flexibility index (Phi) is 5.81. The van der Waals surface area contributed by atoms with Gasteiger partial charge < -0.3 is 9.84 Å². The molecule has 21 heavy (non-hydrogen) atoms. The van der Waals surface area contributed by atoms with Crippen molar-refractivity contribution in [2.75, 3.05) is 32.8 Å². The van der Waals surface area contributed by atoms with Crippen LogP contribution in [0.15, 0.2) is 17.2 Å². The summed E-state index contributed by atoms with van der Waals surface area (Å²) >= 11 is 11.6. The number of ether oxygens (including phenoxy) is 1. The molecular formula is C13H15Cl2N3O3. The van der Waals surface area contributed by atoms with Gasteiger partial charge in [-0.15, -0.1) is 0 Å². The van der Waals surface area contributed by atoms with E-state index in [0.717, 1.165) is 13.1 Å². The molecule has 2 N–H and O–H groups in total. The maximum atomic E-state index is 11.7. The number of morpholine rings is 1. The Bertz CT molecular complexity index is 522. The van der Waals surface area contributed by atoms with Crippen LogP contribution in [0, 0.1) is 0 Å². The monoisotopic (exact) mass is 331 g/mol. The highest BCUT2D eigenvalue weighted by Crippen LogP contribution is 2.32. The third kappa shape index (κ3) is 4.86. The summed E-state index contributed by atoms with van der Waals surface area (Å²) in [5.41, 5.74) is 3.01. The van der Waals surface area contributed by atoms with Gasteiger partial charge in [0.15, 0.2) is 5.75 Å². The Labute approximate surface area is 132 Å². The number of rotatable bonds is 4. The number of phenolic OH excluding ortho intramolecular Hbond substituents is 1. The zero-order valence-electron chi connectivity index (χ0n) is 11.2. The molecule has 1 fully saturated rings. The Balaban J connectivity index is 1.85. The van der Waals surface area contributed by atoms with Crippen LogP contribution < -0.4 is 5.43 Å². The molecule has 1 aromatic carbocycles. The van der Waals surface area contributed by atoms with Crippen molar-refractivity contribution in [1.82, 2.24) is 10.3 Å². The molecule has 0 aromatic heterocycles. The lowest BCUT2D eigenvalue weighted by Crippen LogP contribution is -2.42. The van der Waals surface area contributed by atoms with Gasteiger partial charge in [-0.05, 0) is 17.7 Å². The predicted octanol–water partition coefficient (Wildman–Crippen LogP) is 1.48. The van der Waals surface area contributed by atoms with Crippen LogP contribution >= 0.6 is 23.2 Å². The third-order valence-electron chi connectivity index (χ3n) is 2.91. The van der Waals surface area contributed by atoms with Crippen molar-refractivity contribution in [3.63, 3.8) is 0 Å². The van der Waals surface area contributed by atoms with Crippen molar-refractivity contribution in [3.05, 3.63) is 27.7 Å². The molecule has 114 valence electrons. The molecule has 0 bridgehead atoms. The summed E-state index contributed by atoms with van der Waals surface area (Å²) in [6, 6.07) is 3.00. The van der Waals surface area contributed by atoms with Gasteiger partial charge in [-0.1, -0.05) is 23.2 Å². The molecule has 1 amide bonds. The van der Waals surface area contributed by atoms with E-state index >= 15 is 0 Å².